The van der Waals surface area contributed by atoms with Gasteiger partial charge in [-0.15, -0.1) is 0 Å². The van der Waals surface area contributed by atoms with Crippen molar-refractivity contribution in [1.29, 1.82) is 0 Å². The molecule has 0 fully saturated rings. The topological polar surface area (TPSA) is 74.6 Å². The summed E-state index contributed by atoms with van der Waals surface area (Å²) in [5, 5.41) is 16.9. The molecule has 1 aromatic carbocycles. The van der Waals surface area contributed by atoms with Crippen LogP contribution in [-0.2, 0) is 0 Å². The van der Waals surface area contributed by atoms with E-state index >= 15 is 0 Å². The number of hydrogen-bond donors (Lipinski definition) is 2. The van der Waals surface area contributed by atoms with E-state index in [1.165, 1.54) is 6.07 Å². The molecule has 0 aliphatic heterocycles. The van der Waals surface area contributed by atoms with Crippen LogP contribution in [0.3, 0.4) is 0 Å². The summed E-state index contributed by atoms with van der Waals surface area (Å²) in [5.41, 5.74) is -0.203. The molecule has 0 spiro atoms. The van der Waals surface area contributed by atoms with Crippen LogP contribution in [-0.4, -0.2) is 21.4 Å². The maximum atomic E-state index is 10.6. The van der Waals surface area contributed by atoms with Gasteiger partial charge < -0.3 is 10.2 Å². The number of carboxylic acid groups (broad SMARTS) is 1. The monoisotopic (exact) mass is 200 g/mol. The average Bonchev–Trinajstić information content (AvgIpc) is 2.03. The standard InChI is InChI=1S/C8H5ClO4/c9-7(11)4-1-2-5(8(12)13)6(10)3-4/h1-3,10H,(H,12,13). The molecular formula is C8H5ClO4. The van der Waals surface area contributed by atoms with Crippen LogP contribution >= 0.6 is 11.6 Å². The van der Waals surface area contributed by atoms with Gasteiger partial charge in [-0.05, 0) is 29.8 Å². The molecule has 0 saturated carbocycles. The van der Waals surface area contributed by atoms with Gasteiger partial charge in [-0.25, -0.2) is 4.79 Å². The molecule has 0 radical (unpaired) electrons. The summed E-state index contributed by atoms with van der Waals surface area (Å²) in [6.45, 7) is 0. The second-order valence-corrected chi connectivity index (χ2v) is 2.65. The van der Waals surface area contributed by atoms with Gasteiger partial charge in [-0.3, -0.25) is 4.79 Å². The van der Waals surface area contributed by atoms with Crippen molar-refractivity contribution in [1.82, 2.24) is 0 Å². The average molecular weight is 201 g/mol. The summed E-state index contributed by atoms with van der Waals surface area (Å²) in [6.07, 6.45) is 0. The van der Waals surface area contributed by atoms with Crippen molar-refractivity contribution in [3.8, 4) is 5.75 Å². The zero-order valence-electron chi connectivity index (χ0n) is 6.32. The number of rotatable bonds is 2. The highest BCUT2D eigenvalue weighted by atomic mass is 35.5. The lowest BCUT2D eigenvalue weighted by Gasteiger charge is -1.99. The Balaban J connectivity index is 3.20. The van der Waals surface area contributed by atoms with Gasteiger partial charge in [0.05, 0.1) is 0 Å². The lowest BCUT2D eigenvalue weighted by molar-refractivity contribution is 0.0693. The highest BCUT2D eigenvalue weighted by Gasteiger charge is 2.11. The predicted octanol–water partition coefficient (Wildman–Crippen LogP) is 1.47. The van der Waals surface area contributed by atoms with Crippen LogP contribution in [0.2, 0.25) is 0 Å². The Labute approximate surface area is 78.4 Å². The molecule has 13 heavy (non-hydrogen) atoms. The van der Waals surface area contributed by atoms with E-state index in [1.807, 2.05) is 0 Å². The molecule has 0 unspecified atom stereocenters. The van der Waals surface area contributed by atoms with Crippen molar-refractivity contribution in [2.24, 2.45) is 0 Å². The molecule has 0 amide bonds. The van der Waals surface area contributed by atoms with Gasteiger partial charge in [0, 0.05) is 5.56 Å². The molecule has 0 aliphatic carbocycles. The fourth-order valence-corrected chi connectivity index (χ4v) is 0.952. The van der Waals surface area contributed by atoms with Gasteiger partial charge in [-0.2, -0.15) is 0 Å². The fourth-order valence-electron chi connectivity index (χ4n) is 0.835. The highest BCUT2D eigenvalue weighted by molar-refractivity contribution is 6.67. The van der Waals surface area contributed by atoms with E-state index in [4.69, 9.17) is 21.8 Å². The van der Waals surface area contributed by atoms with Crippen LogP contribution < -0.4 is 0 Å². The van der Waals surface area contributed by atoms with Crippen LogP contribution in [0.15, 0.2) is 18.2 Å². The summed E-state index contributed by atoms with van der Waals surface area (Å²) < 4.78 is 0. The quantitative estimate of drug-likeness (QED) is 0.709. The third-order valence-electron chi connectivity index (χ3n) is 1.46. The van der Waals surface area contributed by atoms with Crippen molar-refractivity contribution < 1.29 is 19.8 Å². The summed E-state index contributed by atoms with van der Waals surface area (Å²) in [7, 11) is 0. The van der Waals surface area contributed by atoms with E-state index in [0.717, 1.165) is 12.1 Å². The first-order chi connectivity index (χ1) is 6.02. The van der Waals surface area contributed by atoms with Crippen molar-refractivity contribution in [3.63, 3.8) is 0 Å². The smallest absolute Gasteiger partial charge is 0.339 e. The number of hydrogen-bond acceptors (Lipinski definition) is 3. The SMILES string of the molecule is O=C(Cl)c1ccc(C(=O)O)c(O)c1. The number of phenols is 1. The lowest BCUT2D eigenvalue weighted by atomic mass is 10.1. The summed E-state index contributed by atoms with van der Waals surface area (Å²) in [5.74, 6) is -1.73. The molecule has 0 bridgehead atoms. The molecular weight excluding hydrogens is 196 g/mol. The normalized spacial score (nSPS) is 9.62. The Kier molecular flexibility index (Phi) is 2.53. The van der Waals surface area contributed by atoms with E-state index in [0.29, 0.717) is 0 Å². The lowest BCUT2D eigenvalue weighted by Crippen LogP contribution is -1.98. The first-order valence-electron chi connectivity index (χ1n) is 3.28. The molecule has 0 aromatic heterocycles. The van der Waals surface area contributed by atoms with Crippen LogP contribution in [0.4, 0.5) is 0 Å². The molecule has 0 heterocycles. The number of aromatic hydroxyl groups is 1. The molecule has 1 aromatic rings. The Morgan fingerprint density at radius 3 is 2.31 bits per heavy atom. The van der Waals surface area contributed by atoms with E-state index in [2.05, 4.69) is 0 Å². The predicted molar refractivity (Wildman–Crippen MR) is 45.2 cm³/mol. The Hall–Kier alpha value is -1.55. The molecule has 0 aliphatic rings. The first-order valence-corrected chi connectivity index (χ1v) is 3.66. The van der Waals surface area contributed by atoms with E-state index < -0.39 is 17.0 Å². The van der Waals surface area contributed by atoms with Gasteiger partial charge in [0.2, 0.25) is 0 Å². The van der Waals surface area contributed by atoms with Crippen molar-refractivity contribution >= 4 is 22.8 Å². The van der Waals surface area contributed by atoms with Gasteiger partial charge in [0.25, 0.3) is 5.24 Å². The third-order valence-corrected chi connectivity index (χ3v) is 1.67. The number of aromatic carboxylic acids is 1. The largest absolute Gasteiger partial charge is 0.507 e. The Morgan fingerprint density at radius 1 is 1.31 bits per heavy atom. The van der Waals surface area contributed by atoms with Crippen molar-refractivity contribution in [3.05, 3.63) is 29.3 Å². The van der Waals surface area contributed by atoms with Crippen molar-refractivity contribution in [2.45, 2.75) is 0 Å². The minimum absolute atomic E-state index is 0.0594. The molecule has 0 atom stereocenters. The summed E-state index contributed by atoms with van der Waals surface area (Å²) in [6, 6.07) is 3.37. The fraction of sp³-hybridized carbons (Fsp3) is 0. The van der Waals surface area contributed by atoms with Gasteiger partial charge in [0.1, 0.15) is 11.3 Å². The maximum Gasteiger partial charge on any atom is 0.339 e. The number of halogens is 1. The highest BCUT2D eigenvalue weighted by Crippen LogP contribution is 2.19. The summed E-state index contributed by atoms with van der Waals surface area (Å²) >= 11 is 5.11. The van der Waals surface area contributed by atoms with Crippen LogP contribution in [0.1, 0.15) is 20.7 Å². The van der Waals surface area contributed by atoms with Gasteiger partial charge in [0.15, 0.2) is 0 Å². The van der Waals surface area contributed by atoms with Crippen LogP contribution in [0.25, 0.3) is 0 Å². The molecule has 4 nitrogen and oxygen atoms in total. The molecule has 1 rings (SSSR count). The second kappa shape index (κ2) is 3.45. The van der Waals surface area contributed by atoms with Gasteiger partial charge in [-0.1, -0.05) is 0 Å². The third kappa shape index (κ3) is 1.97. The number of carbonyl (C=O) groups excluding carboxylic acids is 1. The molecule has 5 heteroatoms. The minimum Gasteiger partial charge on any atom is -0.507 e. The zero-order chi connectivity index (χ0) is 10.0. The van der Waals surface area contributed by atoms with E-state index in [9.17, 15) is 9.59 Å². The number of carboxylic acids is 1. The zero-order valence-corrected chi connectivity index (χ0v) is 7.08. The Bertz CT molecular complexity index is 372. The van der Waals surface area contributed by atoms with Crippen LogP contribution in [0, 0.1) is 0 Å². The van der Waals surface area contributed by atoms with E-state index in [1.54, 1.807) is 0 Å². The molecule has 0 saturated heterocycles. The maximum absolute atomic E-state index is 10.6. The Morgan fingerprint density at radius 2 is 1.92 bits per heavy atom. The molecule has 2 N–H and O–H groups in total. The second-order valence-electron chi connectivity index (χ2n) is 2.31. The van der Waals surface area contributed by atoms with Crippen molar-refractivity contribution in [2.75, 3.05) is 0 Å². The van der Waals surface area contributed by atoms with Gasteiger partial charge >= 0.3 is 5.97 Å². The summed E-state index contributed by atoms with van der Waals surface area (Å²) in [4.78, 5) is 21.0. The number of carbonyl (C=O) groups is 2. The minimum atomic E-state index is -1.26. The number of benzene rings is 1. The molecule has 68 valence electrons. The first kappa shape index (κ1) is 9.54. The van der Waals surface area contributed by atoms with Crippen LogP contribution in [0.5, 0.6) is 5.75 Å². The van der Waals surface area contributed by atoms with E-state index in [-0.39, 0.29) is 11.1 Å².